The van der Waals surface area contributed by atoms with E-state index in [-0.39, 0.29) is 17.7 Å². The van der Waals surface area contributed by atoms with Crippen LogP contribution in [0.3, 0.4) is 0 Å². The SMILES string of the molecule is COc1c(/C(C)=C/C(=O)N2CCC(C(N)=O)CC2)cc2c3c(oc2c1C)CCCC3. The molecule has 6 heteroatoms. The first-order valence-corrected chi connectivity index (χ1v) is 10.8. The molecule has 0 saturated carbocycles. The van der Waals surface area contributed by atoms with Crippen molar-refractivity contribution in [2.45, 2.75) is 52.4 Å². The number of amides is 2. The van der Waals surface area contributed by atoms with Crippen molar-refractivity contribution in [3.63, 3.8) is 0 Å². The highest BCUT2D eigenvalue weighted by atomic mass is 16.5. The number of piperidine rings is 1. The molecular formula is C24H30N2O4. The summed E-state index contributed by atoms with van der Waals surface area (Å²) in [5.41, 5.74) is 10.4. The summed E-state index contributed by atoms with van der Waals surface area (Å²) in [6, 6.07) is 2.12. The molecule has 1 saturated heterocycles. The molecule has 1 aromatic heterocycles. The van der Waals surface area contributed by atoms with Gasteiger partial charge in [-0.1, -0.05) is 0 Å². The van der Waals surface area contributed by atoms with E-state index in [9.17, 15) is 9.59 Å². The number of allylic oxidation sites excluding steroid dienone is 1. The number of hydrogen-bond acceptors (Lipinski definition) is 4. The Morgan fingerprint density at radius 1 is 1.23 bits per heavy atom. The molecule has 1 aromatic carbocycles. The lowest BCUT2D eigenvalue weighted by Gasteiger charge is -2.30. The van der Waals surface area contributed by atoms with Gasteiger partial charge in [0.15, 0.2) is 0 Å². The van der Waals surface area contributed by atoms with Gasteiger partial charge in [-0.3, -0.25) is 9.59 Å². The highest BCUT2D eigenvalue weighted by molar-refractivity contribution is 5.98. The number of primary amides is 1. The van der Waals surface area contributed by atoms with Gasteiger partial charge < -0.3 is 19.8 Å². The number of rotatable bonds is 4. The molecule has 0 bridgehead atoms. The third-order valence-electron chi connectivity index (χ3n) is 6.60. The molecule has 0 radical (unpaired) electrons. The highest BCUT2D eigenvalue weighted by Crippen LogP contribution is 2.41. The first kappa shape index (κ1) is 20.5. The number of hydrogen-bond donors (Lipinski definition) is 1. The minimum atomic E-state index is -0.272. The van der Waals surface area contributed by atoms with Crippen molar-refractivity contribution >= 4 is 28.4 Å². The third kappa shape index (κ3) is 3.59. The number of carbonyl (C=O) groups is 2. The molecule has 1 fully saturated rings. The van der Waals surface area contributed by atoms with Gasteiger partial charge in [0.05, 0.1) is 7.11 Å². The van der Waals surface area contributed by atoms with E-state index < -0.39 is 0 Å². The quantitative estimate of drug-likeness (QED) is 0.778. The van der Waals surface area contributed by atoms with Crippen LogP contribution in [0.2, 0.25) is 0 Å². The van der Waals surface area contributed by atoms with Crippen molar-refractivity contribution < 1.29 is 18.7 Å². The molecule has 0 atom stereocenters. The number of methoxy groups -OCH3 is 1. The van der Waals surface area contributed by atoms with Gasteiger partial charge in [0.1, 0.15) is 17.1 Å². The Bertz CT molecular complexity index is 1030. The second-order valence-corrected chi connectivity index (χ2v) is 8.50. The molecule has 6 nitrogen and oxygen atoms in total. The molecule has 1 aliphatic heterocycles. The second kappa shape index (κ2) is 8.17. The Morgan fingerprint density at radius 2 is 1.93 bits per heavy atom. The normalized spacial score (nSPS) is 17.8. The number of nitrogens with two attached hydrogens (primary N) is 1. The molecule has 2 amide bonds. The van der Waals surface area contributed by atoms with E-state index in [0.717, 1.165) is 58.4 Å². The lowest BCUT2D eigenvalue weighted by atomic mass is 9.92. The van der Waals surface area contributed by atoms with Gasteiger partial charge in [0, 0.05) is 53.6 Å². The number of furan rings is 1. The monoisotopic (exact) mass is 410 g/mol. The summed E-state index contributed by atoms with van der Waals surface area (Å²) in [7, 11) is 1.66. The van der Waals surface area contributed by atoms with Gasteiger partial charge in [-0.15, -0.1) is 0 Å². The first-order chi connectivity index (χ1) is 14.4. The van der Waals surface area contributed by atoms with Crippen molar-refractivity contribution in [2.75, 3.05) is 20.2 Å². The Hall–Kier alpha value is -2.76. The molecule has 2 aromatic rings. The zero-order valence-corrected chi connectivity index (χ0v) is 18.0. The van der Waals surface area contributed by atoms with Crippen molar-refractivity contribution in [2.24, 2.45) is 11.7 Å². The van der Waals surface area contributed by atoms with E-state index in [2.05, 4.69) is 6.07 Å². The van der Waals surface area contributed by atoms with E-state index in [1.165, 1.54) is 12.0 Å². The molecule has 30 heavy (non-hydrogen) atoms. The summed E-state index contributed by atoms with van der Waals surface area (Å²) in [5, 5.41) is 1.14. The summed E-state index contributed by atoms with van der Waals surface area (Å²) in [6.45, 7) is 5.08. The average molecular weight is 411 g/mol. The van der Waals surface area contributed by atoms with Crippen LogP contribution >= 0.6 is 0 Å². The Kier molecular flexibility index (Phi) is 5.58. The second-order valence-electron chi connectivity index (χ2n) is 8.50. The molecular weight excluding hydrogens is 380 g/mol. The van der Waals surface area contributed by atoms with Crippen LogP contribution in [0, 0.1) is 12.8 Å². The number of nitrogens with zero attached hydrogens (tertiary/aromatic N) is 1. The van der Waals surface area contributed by atoms with Crippen LogP contribution < -0.4 is 10.5 Å². The maximum atomic E-state index is 12.9. The summed E-state index contributed by atoms with van der Waals surface area (Å²) in [5.74, 6) is 1.41. The van der Waals surface area contributed by atoms with E-state index in [0.29, 0.717) is 25.9 Å². The highest BCUT2D eigenvalue weighted by Gasteiger charge is 2.26. The summed E-state index contributed by atoms with van der Waals surface area (Å²) in [6.07, 6.45) is 7.29. The van der Waals surface area contributed by atoms with Crippen LogP contribution in [0.5, 0.6) is 5.75 Å². The molecule has 1 aliphatic carbocycles. The largest absolute Gasteiger partial charge is 0.496 e. The van der Waals surface area contributed by atoms with Crippen LogP contribution in [0.4, 0.5) is 0 Å². The number of fused-ring (bicyclic) bond motifs is 3. The Labute approximate surface area is 177 Å². The number of likely N-dealkylation sites (tertiary alicyclic amines) is 1. The van der Waals surface area contributed by atoms with E-state index in [1.54, 1.807) is 18.1 Å². The van der Waals surface area contributed by atoms with Crippen LogP contribution in [-0.4, -0.2) is 36.9 Å². The maximum Gasteiger partial charge on any atom is 0.246 e. The molecule has 2 N–H and O–H groups in total. The predicted molar refractivity (Wildman–Crippen MR) is 116 cm³/mol. The number of carbonyl (C=O) groups excluding carboxylic acids is 2. The van der Waals surface area contributed by atoms with Crippen LogP contribution in [-0.2, 0) is 22.4 Å². The van der Waals surface area contributed by atoms with Crippen molar-refractivity contribution in [1.29, 1.82) is 0 Å². The fourth-order valence-corrected chi connectivity index (χ4v) is 4.83. The standard InChI is InChI=1S/C24H30N2O4/c1-14(12-21(27)26-10-8-16(9-11-26)24(25)28)18-13-19-17-6-4-5-7-20(17)30-23(19)15(2)22(18)29-3/h12-13,16H,4-11H2,1-3H3,(H2,25,28)/b14-12+. The zero-order valence-electron chi connectivity index (χ0n) is 18.0. The minimum absolute atomic E-state index is 0.0376. The van der Waals surface area contributed by atoms with Crippen molar-refractivity contribution in [3.8, 4) is 5.75 Å². The molecule has 2 heterocycles. The lowest BCUT2D eigenvalue weighted by molar-refractivity contribution is -0.130. The summed E-state index contributed by atoms with van der Waals surface area (Å²) in [4.78, 5) is 26.0. The van der Waals surface area contributed by atoms with Crippen molar-refractivity contribution in [3.05, 3.63) is 34.6 Å². The molecule has 0 unspecified atom stereocenters. The van der Waals surface area contributed by atoms with E-state index >= 15 is 0 Å². The maximum absolute atomic E-state index is 12.9. The molecule has 4 rings (SSSR count). The first-order valence-electron chi connectivity index (χ1n) is 10.8. The van der Waals surface area contributed by atoms with Crippen LogP contribution in [0.15, 0.2) is 16.6 Å². The van der Waals surface area contributed by atoms with Gasteiger partial charge in [0.25, 0.3) is 0 Å². The Morgan fingerprint density at radius 3 is 2.60 bits per heavy atom. The van der Waals surface area contributed by atoms with Crippen molar-refractivity contribution in [1.82, 2.24) is 4.90 Å². The molecule has 0 spiro atoms. The van der Waals surface area contributed by atoms with Gasteiger partial charge >= 0.3 is 0 Å². The van der Waals surface area contributed by atoms with E-state index in [4.69, 9.17) is 14.9 Å². The number of ether oxygens (including phenoxy) is 1. The van der Waals surface area contributed by atoms with Gasteiger partial charge in [-0.05, 0) is 57.6 Å². The van der Waals surface area contributed by atoms with E-state index in [1.807, 2.05) is 13.8 Å². The predicted octanol–water partition coefficient (Wildman–Crippen LogP) is 3.76. The van der Waals surface area contributed by atoms with Gasteiger partial charge in [0.2, 0.25) is 11.8 Å². The molecule has 2 aliphatic rings. The van der Waals surface area contributed by atoms with Crippen LogP contribution in [0.25, 0.3) is 16.5 Å². The lowest BCUT2D eigenvalue weighted by Crippen LogP contribution is -2.41. The number of benzene rings is 1. The zero-order chi connectivity index (χ0) is 21.4. The van der Waals surface area contributed by atoms with Gasteiger partial charge in [-0.25, -0.2) is 0 Å². The smallest absolute Gasteiger partial charge is 0.246 e. The Balaban J connectivity index is 1.66. The summed E-state index contributed by atoms with van der Waals surface area (Å²) >= 11 is 0. The average Bonchev–Trinajstić information content (AvgIpc) is 3.12. The number of aryl methyl sites for hydroxylation is 3. The molecule has 160 valence electrons. The van der Waals surface area contributed by atoms with Crippen LogP contribution in [0.1, 0.15) is 55.1 Å². The fourth-order valence-electron chi connectivity index (χ4n) is 4.83. The summed E-state index contributed by atoms with van der Waals surface area (Å²) < 4.78 is 11.9. The minimum Gasteiger partial charge on any atom is -0.496 e. The topological polar surface area (TPSA) is 85.8 Å². The van der Waals surface area contributed by atoms with Gasteiger partial charge in [-0.2, -0.15) is 0 Å². The fraction of sp³-hybridized carbons (Fsp3) is 0.500. The third-order valence-corrected chi connectivity index (χ3v) is 6.60.